The van der Waals surface area contributed by atoms with E-state index in [1.807, 2.05) is 30.3 Å². The molecule has 6 nitrogen and oxygen atoms in total. The molecule has 3 rings (SSSR count). The van der Waals surface area contributed by atoms with Gasteiger partial charge in [0, 0.05) is 17.2 Å². The molecule has 0 saturated heterocycles. The third-order valence-corrected chi connectivity index (χ3v) is 3.44. The maximum absolute atomic E-state index is 11.9. The standard InChI is InChI=1S/C17H15N3O3/c1-22-12-8-7-11(15(9-12)23-2)10-18-20-16-13-5-3-4-6-14(13)19-17(16)21/h3-10H,1-2H3,(H,19,20,21). The normalized spacial score (nSPS) is 14.9. The lowest BCUT2D eigenvalue weighted by Crippen LogP contribution is -2.13. The average Bonchev–Trinajstić information content (AvgIpc) is 2.90. The third kappa shape index (κ3) is 2.91. The molecule has 23 heavy (non-hydrogen) atoms. The maximum Gasteiger partial charge on any atom is 0.276 e. The Hall–Kier alpha value is -3.15. The van der Waals surface area contributed by atoms with Gasteiger partial charge in [-0.25, -0.2) is 0 Å². The van der Waals surface area contributed by atoms with Gasteiger partial charge in [0.05, 0.1) is 26.1 Å². The van der Waals surface area contributed by atoms with Gasteiger partial charge in [-0.15, -0.1) is 5.10 Å². The molecule has 0 radical (unpaired) electrons. The quantitative estimate of drug-likeness (QED) is 0.696. The summed E-state index contributed by atoms with van der Waals surface area (Å²) in [4.78, 5) is 11.9. The number of benzene rings is 2. The van der Waals surface area contributed by atoms with Gasteiger partial charge >= 0.3 is 0 Å². The molecule has 0 aliphatic carbocycles. The van der Waals surface area contributed by atoms with Gasteiger partial charge in [-0.3, -0.25) is 4.79 Å². The molecule has 1 heterocycles. The number of nitrogens with one attached hydrogen (secondary N) is 1. The molecular weight excluding hydrogens is 294 g/mol. The molecule has 0 fully saturated rings. The van der Waals surface area contributed by atoms with Gasteiger partial charge in [-0.1, -0.05) is 18.2 Å². The molecule has 2 aromatic carbocycles. The Kier molecular flexibility index (Phi) is 4.05. The van der Waals surface area contributed by atoms with E-state index in [2.05, 4.69) is 15.5 Å². The summed E-state index contributed by atoms with van der Waals surface area (Å²) in [5, 5.41) is 10.8. The Balaban J connectivity index is 1.88. The van der Waals surface area contributed by atoms with Crippen molar-refractivity contribution in [3.05, 3.63) is 53.6 Å². The van der Waals surface area contributed by atoms with Gasteiger partial charge in [0.25, 0.3) is 5.91 Å². The third-order valence-electron chi connectivity index (χ3n) is 3.44. The first kappa shape index (κ1) is 14.8. The molecule has 2 aromatic rings. The van der Waals surface area contributed by atoms with Crippen molar-refractivity contribution < 1.29 is 14.3 Å². The largest absolute Gasteiger partial charge is 0.497 e. The lowest BCUT2D eigenvalue weighted by molar-refractivity contribution is -0.110. The van der Waals surface area contributed by atoms with E-state index in [0.717, 1.165) is 16.8 Å². The van der Waals surface area contributed by atoms with Crippen LogP contribution in [0.15, 0.2) is 52.7 Å². The molecule has 1 aliphatic rings. The first-order valence-electron chi connectivity index (χ1n) is 6.96. The van der Waals surface area contributed by atoms with Crippen molar-refractivity contribution in [2.45, 2.75) is 0 Å². The number of hydrogen-bond donors (Lipinski definition) is 1. The minimum Gasteiger partial charge on any atom is -0.497 e. The molecule has 1 amide bonds. The van der Waals surface area contributed by atoms with Crippen molar-refractivity contribution in [2.75, 3.05) is 19.5 Å². The van der Waals surface area contributed by atoms with Crippen molar-refractivity contribution in [1.29, 1.82) is 0 Å². The van der Waals surface area contributed by atoms with Crippen LogP contribution in [0.25, 0.3) is 0 Å². The minimum atomic E-state index is -0.259. The monoisotopic (exact) mass is 309 g/mol. The number of fused-ring (bicyclic) bond motifs is 1. The topological polar surface area (TPSA) is 72.3 Å². The van der Waals surface area contributed by atoms with Crippen molar-refractivity contribution >= 4 is 23.5 Å². The van der Waals surface area contributed by atoms with Crippen LogP contribution in [0, 0.1) is 0 Å². The number of carbonyl (C=O) groups is 1. The Morgan fingerprint density at radius 2 is 1.91 bits per heavy atom. The Bertz CT molecular complexity index is 812. The first-order valence-corrected chi connectivity index (χ1v) is 6.96. The van der Waals surface area contributed by atoms with E-state index in [-0.39, 0.29) is 5.91 Å². The molecular formula is C17H15N3O3. The molecule has 6 heteroatoms. The molecule has 0 atom stereocenters. The Morgan fingerprint density at radius 3 is 2.70 bits per heavy atom. The van der Waals surface area contributed by atoms with Crippen LogP contribution in [0.2, 0.25) is 0 Å². The van der Waals surface area contributed by atoms with Crippen LogP contribution in [0.4, 0.5) is 5.69 Å². The van der Waals surface area contributed by atoms with Crippen LogP contribution in [0.5, 0.6) is 11.5 Å². The predicted octanol–water partition coefficient (Wildman–Crippen LogP) is 2.48. The molecule has 0 spiro atoms. The fourth-order valence-corrected chi connectivity index (χ4v) is 2.28. The smallest absolute Gasteiger partial charge is 0.276 e. The fourth-order valence-electron chi connectivity index (χ4n) is 2.28. The second-order valence-corrected chi connectivity index (χ2v) is 4.80. The van der Waals surface area contributed by atoms with Crippen LogP contribution in [-0.2, 0) is 4.79 Å². The van der Waals surface area contributed by atoms with E-state index < -0.39 is 0 Å². The number of rotatable bonds is 4. The highest BCUT2D eigenvalue weighted by atomic mass is 16.5. The van der Waals surface area contributed by atoms with Gasteiger partial charge in [0.1, 0.15) is 11.5 Å². The lowest BCUT2D eigenvalue weighted by Gasteiger charge is -2.06. The molecule has 1 N–H and O–H groups in total. The molecule has 1 aliphatic heterocycles. The molecule has 0 aromatic heterocycles. The minimum absolute atomic E-state index is 0.259. The molecule has 0 bridgehead atoms. The van der Waals surface area contributed by atoms with Gasteiger partial charge in [0.2, 0.25) is 0 Å². The number of anilines is 1. The second kappa shape index (κ2) is 6.31. The van der Waals surface area contributed by atoms with E-state index >= 15 is 0 Å². The average molecular weight is 309 g/mol. The zero-order valence-corrected chi connectivity index (χ0v) is 12.7. The summed E-state index contributed by atoms with van der Waals surface area (Å²) >= 11 is 0. The van der Waals surface area contributed by atoms with E-state index in [1.165, 1.54) is 0 Å². The summed E-state index contributed by atoms with van der Waals surface area (Å²) in [6.45, 7) is 0. The summed E-state index contributed by atoms with van der Waals surface area (Å²) in [5.41, 5.74) is 2.53. The van der Waals surface area contributed by atoms with Crippen LogP contribution >= 0.6 is 0 Å². The Morgan fingerprint density at radius 1 is 1.09 bits per heavy atom. The van der Waals surface area contributed by atoms with Gasteiger partial charge in [-0.05, 0) is 18.2 Å². The summed E-state index contributed by atoms with van der Waals surface area (Å²) in [5.74, 6) is 1.05. The number of carbonyl (C=O) groups excluding carboxylic acids is 1. The molecule has 0 unspecified atom stereocenters. The molecule has 0 saturated carbocycles. The maximum atomic E-state index is 11.9. The van der Waals surface area contributed by atoms with E-state index in [1.54, 1.807) is 32.6 Å². The second-order valence-electron chi connectivity index (χ2n) is 4.80. The van der Waals surface area contributed by atoms with Crippen molar-refractivity contribution in [3.8, 4) is 11.5 Å². The number of nitrogens with zero attached hydrogens (tertiary/aromatic N) is 2. The lowest BCUT2D eigenvalue weighted by atomic mass is 10.1. The van der Waals surface area contributed by atoms with Crippen molar-refractivity contribution in [1.82, 2.24) is 0 Å². The summed E-state index contributed by atoms with van der Waals surface area (Å²) in [7, 11) is 3.16. The summed E-state index contributed by atoms with van der Waals surface area (Å²) in [6, 6.07) is 12.7. The predicted molar refractivity (Wildman–Crippen MR) is 88.7 cm³/mol. The van der Waals surface area contributed by atoms with Gasteiger partial charge in [0.15, 0.2) is 5.71 Å². The van der Waals surface area contributed by atoms with Crippen molar-refractivity contribution in [2.24, 2.45) is 10.2 Å². The van der Waals surface area contributed by atoms with Crippen LogP contribution in [0.3, 0.4) is 0 Å². The SMILES string of the molecule is COc1ccc(C=NN=C2C(=O)Nc3ccccc32)c(OC)c1. The van der Waals surface area contributed by atoms with Crippen molar-refractivity contribution in [3.63, 3.8) is 0 Å². The molecule has 116 valence electrons. The Labute approximate surface area is 133 Å². The van der Waals surface area contributed by atoms with E-state index in [0.29, 0.717) is 17.2 Å². The fraction of sp³-hybridized carbons (Fsp3) is 0.118. The van der Waals surface area contributed by atoms with E-state index in [4.69, 9.17) is 9.47 Å². The van der Waals surface area contributed by atoms with Gasteiger partial charge in [-0.2, -0.15) is 5.10 Å². The summed E-state index contributed by atoms with van der Waals surface area (Å²) < 4.78 is 10.4. The summed E-state index contributed by atoms with van der Waals surface area (Å²) in [6.07, 6.45) is 1.54. The number of methoxy groups -OCH3 is 2. The highest BCUT2D eigenvalue weighted by Gasteiger charge is 2.25. The van der Waals surface area contributed by atoms with Crippen LogP contribution < -0.4 is 14.8 Å². The zero-order valence-electron chi connectivity index (χ0n) is 12.7. The van der Waals surface area contributed by atoms with Crippen LogP contribution in [0.1, 0.15) is 11.1 Å². The first-order chi connectivity index (χ1) is 11.2. The zero-order chi connectivity index (χ0) is 16.2. The number of amides is 1. The highest BCUT2D eigenvalue weighted by Crippen LogP contribution is 2.24. The number of hydrogen-bond acceptors (Lipinski definition) is 5. The van der Waals surface area contributed by atoms with E-state index in [9.17, 15) is 4.79 Å². The highest BCUT2D eigenvalue weighted by molar-refractivity contribution is 6.53. The van der Waals surface area contributed by atoms with Gasteiger partial charge < -0.3 is 14.8 Å². The number of para-hydroxylation sites is 1. The number of ether oxygens (including phenoxy) is 2. The van der Waals surface area contributed by atoms with Crippen LogP contribution in [-0.4, -0.2) is 32.1 Å².